The van der Waals surface area contributed by atoms with Crippen molar-refractivity contribution in [2.24, 2.45) is 10.7 Å². The van der Waals surface area contributed by atoms with E-state index in [0.717, 1.165) is 25.9 Å². The first kappa shape index (κ1) is 17.9. The van der Waals surface area contributed by atoms with Gasteiger partial charge in [0.25, 0.3) is 0 Å². The number of amides is 2. The maximum Gasteiger partial charge on any atom is 0.319 e. The van der Waals surface area contributed by atoms with Crippen LogP contribution in [0.1, 0.15) is 12.8 Å². The first-order valence-electron chi connectivity index (χ1n) is 7.77. The number of piperidine rings is 1. The summed E-state index contributed by atoms with van der Waals surface area (Å²) in [5.74, 6) is 0.966. The number of hydrogen-bond acceptors (Lipinski definition) is 3. The van der Waals surface area contributed by atoms with Crippen molar-refractivity contribution < 1.29 is 4.79 Å². The van der Waals surface area contributed by atoms with Gasteiger partial charge in [-0.25, -0.2) is 4.79 Å². The van der Waals surface area contributed by atoms with Crippen LogP contribution in [-0.2, 0) is 0 Å². The summed E-state index contributed by atoms with van der Waals surface area (Å²) in [5.41, 5.74) is 6.24. The van der Waals surface area contributed by atoms with E-state index < -0.39 is 0 Å². The summed E-state index contributed by atoms with van der Waals surface area (Å²) < 4.78 is 0. The van der Waals surface area contributed by atoms with Crippen LogP contribution < -0.4 is 21.7 Å². The minimum absolute atomic E-state index is 0.118. The summed E-state index contributed by atoms with van der Waals surface area (Å²) in [6.07, 6.45) is 1.65. The van der Waals surface area contributed by atoms with Crippen molar-refractivity contribution in [3.63, 3.8) is 0 Å². The zero-order valence-corrected chi connectivity index (χ0v) is 14.4. The molecule has 0 bridgehead atoms. The molecule has 0 aliphatic carbocycles. The first-order valence-corrected chi connectivity index (χ1v) is 8.14. The first-order chi connectivity index (χ1) is 11.5. The molecule has 24 heavy (non-hydrogen) atoms. The highest BCUT2D eigenvalue weighted by atomic mass is 35.5. The molecule has 0 aromatic heterocycles. The topological polar surface area (TPSA) is 94.8 Å². The van der Waals surface area contributed by atoms with E-state index in [-0.39, 0.29) is 17.9 Å². The van der Waals surface area contributed by atoms with Crippen molar-refractivity contribution in [2.75, 3.05) is 25.5 Å². The Morgan fingerprint density at radius 1 is 1.33 bits per heavy atom. The number of halogens is 1. The molecule has 130 valence electrons. The van der Waals surface area contributed by atoms with E-state index in [1.54, 1.807) is 31.3 Å². The molecule has 0 radical (unpaired) electrons. The second-order valence-corrected chi connectivity index (χ2v) is 5.98. The second kappa shape index (κ2) is 8.44. The fourth-order valence-corrected chi connectivity index (χ4v) is 2.67. The predicted octanol–water partition coefficient (Wildman–Crippen LogP) is 1.93. The number of likely N-dealkylation sites (tertiary alicyclic amines) is 1. The Morgan fingerprint density at radius 2 is 1.96 bits per heavy atom. The van der Waals surface area contributed by atoms with Crippen LogP contribution in [0.3, 0.4) is 0 Å². The molecule has 5 N–H and O–H groups in total. The number of aliphatic imine (C=N–C) groups is 1. The number of urea groups is 1. The summed E-state index contributed by atoms with van der Waals surface area (Å²) in [6, 6.07) is 6.90. The Hall–Kier alpha value is -2.41. The highest BCUT2D eigenvalue weighted by Crippen LogP contribution is 2.14. The number of benzene rings is 1. The SMILES string of the molecule is C=C(N)/N=C(\NC)N1CCC(NC(=O)Nc2ccc(Cl)cc2)CC1. The molecule has 2 rings (SSSR count). The van der Waals surface area contributed by atoms with Crippen molar-refractivity contribution >= 4 is 29.3 Å². The molecule has 1 fully saturated rings. The number of hydrogen-bond donors (Lipinski definition) is 4. The summed E-state index contributed by atoms with van der Waals surface area (Å²) in [7, 11) is 1.80. The van der Waals surface area contributed by atoms with Gasteiger partial charge in [-0.15, -0.1) is 0 Å². The zero-order valence-electron chi connectivity index (χ0n) is 13.7. The molecular formula is C16H23ClN6O. The molecule has 1 aromatic rings. The van der Waals surface area contributed by atoms with E-state index >= 15 is 0 Å². The number of nitrogens with zero attached hydrogens (tertiary/aromatic N) is 2. The van der Waals surface area contributed by atoms with Crippen molar-refractivity contribution in [2.45, 2.75) is 18.9 Å². The standard InChI is InChI=1S/C16H23ClN6O/c1-11(18)20-15(19-2)23-9-7-14(8-10-23)22-16(24)21-13-5-3-12(17)4-6-13/h3-6,14H,1,7-10,18H2,2H3,(H,19,20)(H2,21,22,24). The van der Waals surface area contributed by atoms with Gasteiger partial charge in [0.15, 0.2) is 5.96 Å². The van der Waals surface area contributed by atoms with Gasteiger partial charge in [0, 0.05) is 36.9 Å². The minimum Gasteiger partial charge on any atom is -0.384 e. The Morgan fingerprint density at radius 3 is 2.50 bits per heavy atom. The number of nitrogens with two attached hydrogens (primary N) is 1. The molecule has 2 amide bonds. The van der Waals surface area contributed by atoms with Crippen LogP contribution in [0.15, 0.2) is 41.7 Å². The van der Waals surface area contributed by atoms with E-state index in [9.17, 15) is 4.79 Å². The molecule has 7 nitrogen and oxygen atoms in total. The highest BCUT2D eigenvalue weighted by molar-refractivity contribution is 6.30. The highest BCUT2D eigenvalue weighted by Gasteiger charge is 2.22. The fraction of sp³-hybridized carbons (Fsp3) is 0.375. The van der Waals surface area contributed by atoms with Crippen molar-refractivity contribution in [1.82, 2.24) is 15.5 Å². The molecule has 8 heteroatoms. The zero-order chi connectivity index (χ0) is 17.5. The molecule has 1 heterocycles. The minimum atomic E-state index is -0.214. The van der Waals surface area contributed by atoms with Crippen molar-refractivity contribution in [3.05, 3.63) is 41.7 Å². The second-order valence-electron chi connectivity index (χ2n) is 5.54. The van der Waals surface area contributed by atoms with Crippen LogP contribution >= 0.6 is 11.6 Å². The summed E-state index contributed by atoms with van der Waals surface area (Å²) in [5, 5.41) is 9.44. The maximum absolute atomic E-state index is 12.0. The molecular weight excluding hydrogens is 328 g/mol. The van der Waals surface area contributed by atoms with E-state index in [1.807, 2.05) is 0 Å². The van der Waals surface area contributed by atoms with Gasteiger partial charge in [-0.1, -0.05) is 18.2 Å². The molecule has 1 aliphatic rings. The van der Waals surface area contributed by atoms with E-state index in [0.29, 0.717) is 16.7 Å². The molecule has 0 atom stereocenters. The van der Waals surface area contributed by atoms with Crippen molar-refractivity contribution in [3.8, 4) is 0 Å². The quantitative estimate of drug-likeness (QED) is 0.495. The number of guanidine groups is 1. The summed E-state index contributed by atoms with van der Waals surface area (Å²) in [6.45, 7) is 5.14. The number of anilines is 1. The van der Waals surface area contributed by atoms with E-state index in [4.69, 9.17) is 17.3 Å². The third-order valence-electron chi connectivity index (χ3n) is 3.70. The van der Waals surface area contributed by atoms with E-state index in [1.165, 1.54) is 0 Å². The number of nitrogens with one attached hydrogen (secondary N) is 3. The van der Waals surface area contributed by atoms with Crippen LogP contribution in [0, 0.1) is 0 Å². The van der Waals surface area contributed by atoms with Gasteiger partial charge < -0.3 is 26.6 Å². The fourth-order valence-electron chi connectivity index (χ4n) is 2.54. The Balaban J connectivity index is 1.81. The van der Waals surface area contributed by atoms with Gasteiger partial charge >= 0.3 is 6.03 Å². The Kier molecular flexibility index (Phi) is 6.31. The maximum atomic E-state index is 12.0. The molecule has 0 saturated carbocycles. The van der Waals surface area contributed by atoms with Crippen LogP contribution in [0.5, 0.6) is 0 Å². The van der Waals surface area contributed by atoms with E-state index in [2.05, 4.69) is 32.4 Å². The number of rotatable bonds is 3. The van der Waals surface area contributed by atoms with Crippen molar-refractivity contribution in [1.29, 1.82) is 0 Å². The lowest BCUT2D eigenvalue weighted by atomic mass is 10.1. The van der Waals surface area contributed by atoms with Crippen LogP contribution in [0.25, 0.3) is 0 Å². The van der Waals surface area contributed by atoms with Crippen LogP contribution in [0.2, 0.25) is 5.02 Å². The van der Waals surface area contributed by atoms with Gasteiger partial charge in [-0.2, -0.15) is 4.99 Å². The molecule has 1 aromatic carbocycles. The van der Waals surface area contributed by atoms with Gasteiger partial charge in [0.2, 0.25) is 0 Å². The lowest BCUT2D eigenvalue weighted by Gasteiger charge is -2.34. The normalized spacial score (nSPS) is 15.8. The van der Waals surface area contributed by atoms with Gasteiger partial charge in [0.05, 0.1) is 0 Å². The number of carbonyl (C=O) groups is 1. The third-order valence-corrected chi connectivity index (χ3v) is 3.96. The van der Waals surface area contributed by atoms with Gasteiger partial charge in [-0.05, 0) is 37.1 Å². The molecule has 0 unspecified atom stereocenters. The Bertz CT molecular complexity index is 607. The number of carbonyl (C=O) groups excluding carboxylic acids is 1. The van der Waals surface area contributed by atoms with Gasteiger partial charge in [0.1, 0.15) is 5.82 Å². The molecule has 1 saturated heterocycles. The molecule has 1 aliphatic heterocycles. The lowest BCUT2D eigenvalue weighted by molar-refractivity contribution is 0.236. The smallest absolute Gasteiger partial charge is 0.319 e. The lowest BCUT2D eigenvalue weighted by Crippen LogP contribution is -2.50. The van der Waals surface area contributed by atoms with Gasteiger partial charge in [-0.3, -0.25) is 0 Å². The average molecular weight is 351 g/mol. The summed E-state index contributed by atoms with van der Waals surface area (Å²) in [4.78, 5) is 18.3. The molecule has 0 spiro atoms. The van der Waals surface area contributed by atoms with Crippen LogP contribution in [-0.4, -0.2) is 43.1 Å². The predicted molar refractivity (Wildman–Crippen MR) is 98.0 cm³/mol. The third kappa shape index (κ3) is 5.34. The average Bonchev–Trinajstić information content (AvgIpc) is 2.55. The van der Waals surface area contributed by atoms with Crippen LogP contribution in [0.4, 0.5) is 10.5 Å². The monoisotopic (exact) mass is 350 g/mol. The Labute approximate surface area is 146 Å². The summed E-state index contributed by atoms with van der Waals surface area (Å²) >= 11 is 5.83. The largest absolute Gasteiger partial charge is 0.384 e.